The summed E-state index contributed by atoms with van der Waals surface area (Å²) in [6, 6.07) is 2.41. The van der Waals surface area contributed by atoms with Gasteiger partial charge in [-0.05, 0) is 13.0 Å². The fourth-order valence-electron chi connectivity index (χ4n) is 1.07. The molecule has 3 N–H and O–H groups in total. The first-order chi connectivity index (χ1) is 6.07. The van der Waals surface area contributed by atoms with Crippen LogP contribution in [0.4, 0.5) is 0 Å². The van der Waals surface area contributed by atoms with E-state index in [1.54, 1.807) is 6.92 Å². The molecule has 0 atom stereocenters. The van der Waals surface area contributed by atoms with Crippen molar-refractivity contribution in [2.45, 2.75) is 13.5 Å². The van der Waals surface area contributed by atoms with Crippen LogP contribution in [0.3, 0.4) is 0 Å². The summed E-state index contributed by atoms with van der Waals surface area (Å²) in [5, 5.41) is 9.40. The summed E-state index contributed by atoms with van der Waals surface area (Å²) in [6.45, 7) is 1.98. The highest BCUT2D eigenvalue weighted by atomic mass is 16.3. The van der Waals surface area contributed by atoms with Gasteiger partial charge in [-0.2, -0.15) is 0 Å². The normalized spacial score (nSPS) is 9.92. The van der Waals surface area contributed by atoms with Gasteiger partial charge in [-0.3, -0.25) is 14.2 Å². The molecule has 0 spiro atoms. The van der Waals surface area contributed by atoms with Gasteiger partial charge in [0, 0.05) is 12.6 Å². The summed E-state index contributed by atoms with van der Waals surface area (Å²) in [5.41, 5.74) is 4.58. The number of primary amides is 1. The van der Waals surface area contributed by atoms with Gasteiger partial charge in [0.15, 0.2) is 0 Å². The largest absolute Gasteiger partial charge is 0.494 e. The third-order valence-corrected chi connectivity index (χ3v) is 1.74. The summed E-state index contributed by atoms with van der Waals surface area (Å²) in [6.07, 6.45) is 0. The molecule has 0 fully saturated rings. The SMILES string of the molecule is CCn1c(O)c(C(N)=O)ccc1=O. The van der Waals surface area contributed by atoms with Crippen molar-refractivity contribution >= 4 is 5.91 Å². The van der Waals surface area contributed by atoms with E-state index in [2.05, 4.69) is 0 Å². The topological polar surface area (TPSA) is 85.3 Å². The number of rotatable bonds is 2. The zero-order valence-corrected chi connectivity index (χ0v) is 7.15. The van der Waals surface area contributed by atoms with Crippen molar-refractivity contribution in [3.05, 3.63) is 28.0 Å². The Balaban J connectivity index is 3.45. The molecule has 13 heavy (non-hydrogen) atoms. The average molecular weight is 182 g/mol. The highest BCUT2D eigenvalue weighted by Gasteiger charge is 2.11. The fourth-order valence-corrected chi connectivity index (χ4v) is 1.07. The third-order valence-electron chi connectivity index (χ3n) is 1.74. The molecule has 1 amide bonds. The maximum absolute atomic E-state index is 11.1. The Hall–Kier alpha value is -1.78. The molecule has 0 bridgehead atoms. The van der Waals surface area contributed by atoms with Gasteiger partial charge < -0.3 is 10.8 Å². The minimum Gasteiger partial charge on any atom is -0.494 e. The molecule has 0 saturated carbocycles. The zero-order chi connectivity index (χ0) is 10.0. The third kappa shape index (κ3) is 1.53. The lowest BCUT2D eigenvalue weighted by Gasteiger charge is -2.06. The first kappa shape index (κ1) is 9.31. The van der Waals surface area contributed by atoms with E-state index in [0.29, 0.717) is 6.54 Å². The number of aromatic hydroxyl groups is 1. The van der Waals surface area contributed by atoms with E-state index in [-0.39, 0.29) is 17.0 Å². The number of carbonyl (C=O) groups excluding carboxylic acids is 1. The lowest BCUT2D eigenvalue weighted by Crippen LogP contribution is -2.22. The van der Waals surface area contributed by atoms with E-state index in [9.17, 15) is 14.7 Å². The van der Waals surface area contributed by atoms with Crippen LogP contribution in [-0.4, -0.2) is 15.6 Å². The van der Waals surface area contributed by atoms with Crippen LogP contribution in [0.5, 0.6) is 5.88 Å². The minimum atomic E-state index is -0.750. The monoisotopic (exact) mass is 182 g/mol. The second kappa shape index (κ2) is 3.30. The van der Waals surface area contributed by atoms with E-state index < -0.39 is 5.91 Å². The lowest BCUT2D eigenvalue weighted by atomic mass is 10.2. The Morgan fingerprint density at radius 1 is 1.62 bits per heavy atom. The second-order valence-electron chi connectivity index (χ2n) is 2.52. The fraction of sp³-hybridized carbons (Fsp3) is 0.250. The molecule has 1 aromatic heterocycles. The Morgan fingerprint density at radius 3 is 2.69 bits per heavy atom. The Kier molecular flexibility index (Phi) is 2.36. The van der Waals surface area contributed by atoms with Gasteiger partial charge in [0.05, 0.1) is 5.56 Å². The first-order valence-corrected chi connectivity index (χ1v) is 3.80. The number of nitrogens with zero attached hydrogens (tertiary/aromatic N) is 1. The highest BCUT2D eigenvalue weighted by molar-refractivity contribution is 5.94. The van der Waals surface area contributed by atoms with Crippen LogP contribution in [0, 0.1) is 0 Å². The predicted octanol–water partition coefficient (Wildman–Crippen LogP) is -0.327. The van der Waals surface area contributed by atoms with Gasteiger partial charge in [0.2, 0.25) is 5.88 Å². The molecule has 0 aliphatic heterocycles. The van der Waals surface area contributed by atoms with Crippen LogP contribution >= 0.6 is 0 Å². The lowest BCUT2D eigenvalue weighted by molar-refractivity contribution is 0.0996. The number of amides is 1. The van der Waals surface area contributed by atoms with Gasteiger partial charge in [-0.1, -0.05) is 0 Å². The van der Waals surface area contributed by atoms with Crippen molar-refractivity contribution in [1.29, 1.82) is 0 Å². The van der Waals surface area contributed by atoms with Crippen LogP contribution < -0.4 is 11.3 Å². The summed E-state index contributed by atoms with van der Waals surface area (Å²) >= 11 is 0. The molecule has 1 aromatic rings. The second-order valence-corrected chi connectivity index (χ2v) is 2.52. The van der Waals surface area contributed by atoms with Crippen molar-refractivity contribution in [1.82, 2.24) is 4.57 Å². The standard InChI is InChI=1S/C8H10N2O3/c1-2-10-6(11)4-3-5(7(9)12)8(10)13/h3-4,13H,2H2,1H3,(H2,9,12). The van der Waals surface area contributed by atoms with Gasteiger partial charge in [-0.25, -0.2) is 0 Å². The maximum atomic E-state index is 11.1. The summed E-state index contributed by atoms with van der Waals surface area (Å²) in [7, 11) is 0. The molecule has 0 unspecified atom stereocenters. The maximum Gasteiger partial charge on any atom is 0.254 e. The summed E-state index contributed by atoms with van der Waals surface area (Å²) in [4.78, 5) is 21.8. The minimum absolute atomic E-state index is 0.0403. The average Bonchev–Trinajstić information content (AvgIpc) is 2.04. The van der Waals surface area contributed by atoms with E-state index in [1.165, 1.54) is 12.1 Å². The molecular formula is C8H10N2O3. The summed E-state index contributed by atoms with van der Waals surface area (Å²) < 4.78 is 1.07. The van der Waals surface area contributed by atoms with E-state index in [1.807, 2.05) is 0 Å². The molecular weight excluding hydrogens is 172 g/mol. The molecule has 5 heteroatoms. The Labute approximate surface area is 74.4 Å². The zero-order valence-electron chi connectivity index (χ0n) is 7.15. The van der Waals surface area contributed by atoms with Crippen molar-refractivity contribution in [3.8, 4) is 5.88 Å². The molecule has 0 radical (unpaired) electrons. The molecule has 5 nitrogen and oxygen atoms in total. The first-order valence-electron chi connectivity index (χ1n) is 3.80. The molecule has 1 heterocycles. The van der Waals surface area contributed by atoms with E-state index in [4.69, 9.17) is 5.73 Å². The van der Waals surface area contributed by atoms with Crippen molar-refractivity contribution in [2.24, 2.45) is 5.73 Å². The molecule has 0 aliphatic carbocycles. The number of hydrogen-bond donors (Lipinski definition) is 2. The van der Waals surface area contributed by atoms with Gasteiger partial charge in [-0.15, -0.1) is 0 Å². The highest BCUT2D eigenvalue weighted by Crippen LogP contribution is 2.12. The number of hydrogen-bond acceptors (Lipinski definition) is 3. The quantitative estimate of drug-likeness (QED) is 0.656. The van der Waals surface area contributed by atoms with Gasteiger partial charge in [0.1, 0.15) is 0 Å². The number of aromatic nitrogens is 1. The van der Waals surface area contributed by atoms with Crippen molar-refractivity contribution in [3.63, 3.8) is 0 Å². The number of pyridine rings is 1. The van der Waals surface area contributed by atoms with E-state index in [0.717, 1.165) is 4.57 Å². The molecule has 0 aliphatic rings. The van der Waals surface area contributed by atoms with Crippen LogP contribution in [-0.2, 0) is 6.54 Å². The van der Waals surface area contributed by atoms with Crippen LogP contribution in [0.25, 0.3) is 0 Å². The Bertz CT molecular complexity index is 395. The van der Waals surface area contributed by atoms with E-state index >= 15 is 0 Å². The molecule has 70 valence electrons. The molecule has 1 rings (SSSR count). The Morgan fingerprint density at radius 2 is 2.23 bits per heavy atom. The van der Waals surface area contributed by atoms with Gasteiger partial charge in [0.25, 0.3) is 11.5 Å². The summed E-state index contributed by atoms with van der Waals surface area (Å²) in [5.74, 6) is -1.12. The van der Waals surface area contributed by atoms with Crippen LogP contribution in [0.15, 0.2) is 16.9 Å². The van der Waals surface area contributed by atoms with Gasteiger partial charge >= 0.3 is 0 Å². The van der Waals surface area contributed by atoms with Crippen molar-refractivity contribution < 1.29 is 9.90 Å². The van der Waals surface area contributed by atoms with Crippen LogP contribution in [0.1, 0.15) is 17.3 Å². The predicted molar refractivity (Wildman–Crippen MR) is 46.6 cm³/mol. The molecule has 0 saturated heterocycles. The number of carbonyl (C=O) groups is 1. The molecule has 0 aromatic carbocycles. The number of nitrogens with two attached hydrogens (primary N) is 1. The smallest absolute Gasteiger partial charge is 0.254 e. The van der Waals surface area contributed by atoms with Crippen LogP contribution in [0.2, 0.25) is 0 Å². The van der Waals surface area contributed by atoms with Crippen molar-refractivity contribution in [2.75, 3.05) is 0 Å².